The molecule has 2 heterocycles. The third-order valence-electron chi connectivity index (χ3n) is 2.97. The topological polar surface area (TPSA) is 83.1 Å². The molecule has 1 fully saturated rings. The zero-order chi connectivity index (χ0) is 13.7. The Balaban J connectivity index is 1.95. The van der Waals surface area contributed by atoms with Gasteiger partial charge in [-0.15, -0.1) is 0 Å². The molecular formula is C13H18N4O2. The molecule has 0 aliphatic carbocycles. The number of carbonyl (C=O) groups is 2. The summed E-state index contributed by atoms with van der Waals surface area (Å²) in [6.45, 7) is 3.27. The smallest absolute Gasteiger partial charge is 0.270 e. The van der Waals surface area contributed by atoms with Crippen LogP contribution in [0.25, 0.3) is 0 Å². The lowest BCUT2D eigenvalue weighted by molar-refractivity contribution is -0.122. The number of pyridine rings is 1. The first-order valence-corrected chi connectivity index (χ1v) is 6.46. The molecule has 6 nitrogen and oxygen atoms in total. The van der Waals surface area contributed by atoms with Crippen LogP contribution >= 0.6 is 0 Å². The highest BCUT2D eigenvalue weighted by atomic mass is 16.2. The summed E-state index contributed by atoms with van der Waals surface area (Å²) in [7, 11) is 0. The molecule has 1 aromatic rings. The Labute approximate surface area is 112 Å². The fraction of sp³-hybridized carbons (Fsp3) is 0.462. The molecule has 2 amide bonds. The van der Waals surface area contributed by atoms with E-state index in [1.807, 2.05) is 13.0 Å². The summed E-state index contributed by atoms with van der Waals surface area (Å²) in [4.78, 5) is 27.1. The molecular weight excluding hydrogens is 244 g/mol. The van der Waals surface area contributed by atoms with Gasteiger partial charge in [0.1, 0.15) is 5.69 Å². The Morgan fingerprint density at radius 3 is 3.11 bits per heavy atom. The van der Waals surface area contributed by atoms with Crippen LogP contribution in [0.5, 0.6) is 0 Å². The van der Waals surface area contributed by atoms with Crippen LogP contribution in [0.3, 0.4) is 0 Å². The number of hydrogen-bond acceptors (Lipinski definition) is 4. The van der Waals surface area contributed by atoms with E-state index in [0.717, 1.165) is 12.2 Å². The number of hydrogen-bond donors (Lipinski definition) is 3. The number of amides is 2. The molecule has 1 saturated heterocycles. The van der Waals surface area contributed by atoms with E-state index in [4.69, 9.17) is 0 Å². The van der Waals surface area contributed by atoms with Gasteiger partial charge >= 0.3 is 0 Å². The molecule has 6 heteroatoms. The molecule has 0 aromatic carbocycles. The monoisotopic (exact) mass is 262 g/mol. The first-order chi connectivity index (χ1) is 9.19. The number of piperidine rings is 1. The Bertz CT molecular complexity index is 465. The molecule has 0 spiro atoms. The minimum absolute atomic E-state index is 0.0187. The van der Waals surface area contributed by atoms with Crippen molar-refractivity contribution in [3.63, 3.8) is 0 Å². The van der Waals surface area contributed by atoms with E-state index in [9.17, 15) is 9.59 Å². The highest BCUT2D eigenvalue weighted by Gasteiger charge is 2.20. The summed E-state index contributed by atoms with van der Waals surface area (Å²) >= 11 is 0. The molecule has 1 aliphatic rings. The normalized spacial score (nSPS) is 18.6. The van der Waals surface area contributed by atoms with Gasteiger partial charge in [0.2, 0.25) is 5.91 Å². The average Bonchev–Trinajstić information content (AvgIpc) is 2.42. The van der Waals surface area contributed by atoms with Crippen LogP contribution in [0.1, 0.15) is 30.3 Å². The van der Waals surface area contributed by atoms with Gasteiger partial charge in [-0.05, 0) is 25.5 Å². The maximum absolute atomic E-state index is 12.0. The molecule has 19 heavy (non-hydrogen) atoms. The van der Waals surface area contributed by atoms with Gasteiger partial charge in [0, 0.05) is 37.4 Å². The van der Waals surface area contributed by atoms with Crippen molar-refractivity contribution in [3.8, 4) is 0 Å². The van der Waals surface area contributed by atoms with Gasteiger partial charge in [0.05, 0.1) is 0 Å². The van der Waals surface area contributed by atoms with Gasteiger partial charge in [-0.3, -0.25) is 14.6 Å². The van der Waals surface area contributed by atoms with Crippen molar-refractivity contribution in [2.45, 2.75) is 25.8 Å². The average molecular weight is 262 g/mol. The van der Waals surface area contributed by atoms with E-state index >= 15 is 0 Å². The van der Waals surface area contributed by atoms with E-state index in [-0.39, 0.29) is 17.9 Å². The molecule has 0 radical (unpaired) electrons. The highest BCUT2D eigenvalue weighted by Crippen LogP contribution is 2.09. The van der Waals surface area contributed by atoms with E-state index in [1.165, 1.54) is 0 Å². The zero-order valence-electron chi connectivity index (χ0n) is 10.9. The van der Waals surface area contributed by atoms with Gasteiger partial charge in [0.15, 0.2) is 0 Å². The summed E-state index contributed by atoms with van der Waals surface area (Å²) in [5, 5.41) is 8.75. The summed E-state index contributed by atoms with van der Waals surface area (Å²) in [6, 6.07) is 3.52. The van der Waals surface area contributed by atoms with E-state index in [0.29, 0.717) is 25.1 Å². The fourth-order valence-corrected chi connectivity index (χ4v) is 1.98. The van der Waals surface area contributed by atoms with Crippen LogP contribution in [0.2, 0.25) is 0 Å². The van der Waals surface area contributed by atoms with Crippen molar-refractivity contribution in [1.29, 1.82) is 0 Å². The SMILES string of the molecule is CCNc1ccnc(C(=O)NC2CCC(=O)NC2)c1. The Kier molecular flexibility index (Phi) is 4.33. The van der Waals surface area contributed by atoms with Gasteiger partial charge in [0.25, 0.3) is 5.91 Å². The van der Waals surface area contributed by atoms with Gasteiger partial charge in [-0.2, -0.15) is 0 Å². The van der Waals surface area contributed by atoms with Crippen molar-refractivity contribution < 1.29 is 9.59 Å². The molecule has 1 aromatic heterocycles. The Morgan fingerprint density at radius 2 is 2.42 bits per heavy atom. The minimum atomic E-state index is -0.207. The van der Waals surface area contributed by atoms with Crippen LogP contribution in [-0.2, 0) is 4.79 Å². The lowest BCUT2D eigenvalue weighted by Crippen LogP contribution is -2.47. The second-order valence-corrected chi connectivity index (χ2v) is 4.47. The van der Waals surface area contributed by atoms with E-state index in [2.05, 4.69) is 20.9 Å². The number of carbonyl (C=O) groups excluding carboxylic acids is 2. The summed E-state index contributed by atoms with van der Waals surface area (Å²) in [5.74, 6) is -0.168. The summed E-state index contributed by atoms with van der Waals surface area (Å²) in [6.07, 6.45) is 2.73. The Hall–Kier alpha value is -2.11. The summed E-state index contributed by atoms with van der Waals surface area (Å²) < 4.78 is 0. The lowest BCUT2D eigenvalue weighted by atomic mass is 10.1. The number of anilines is 1. The fourth-order valence-electron chi connectivity index (χ4n) is 1.98. The van der Waals surface area contributed by atoms with Gasteiger partial charge < -0.3 is 16.0 Å². The molecule has 0 saturated carbocycles. The molecule has 1 atom stereocenters. The lowest BCUT2D eigenvalue weighted by Gasteiger charge is -2.23. The third-order valence-corrected chi connectivity index (χ3v) is 2.97. The maximum Gasteiger partial charge on any atom is 0.270 e. The standard InChI is InChI=1S/C13H18N4O2/c1-2-14-9-5-6-15-11(7-9)13(19)17-10-3-4-12(18)16-8-10/h5-7,10H,2-4,8H2,1H3,(H,14,15)(H,16,18)(H,17,19). The van der Waals surface area contributed by atoms with Crippen LogP contribution in [0, 0.1) is 0 Å². The zero-order valence-corrected chi connectivity index (χ0v) is 10.9. The van der Waals surface area contributed by atoms with Crippen LogP contribution in [0.15, 0.2) is 18.3 Å². The van der Waals surface area contributed by atoms with Crippen molar-refractivity contribution in [3.05, 3.63) is 24.0 Å². The molecule has 1 aliphatic heterocycles. The third kappa shape index (κ3) is 3.67. The van der Waals surface area contributed by atoms with Gasteiger partial charge in [-0.25, -0.2) is 0 Å². The number of aromatic nitrogens is 1. The highest BCUT2D eigenvalue weighted by molar-refractivity contribution is 5.93. The van der Waals surface area contributed by atoms with E-state index < -0.39 is 0 Å². The second-order valence-electron chi connectivity index (χ2n) is 4.47. The number of rotatable bonds is 4. The molecule has 1 unspecified atom stereocenters. The van der Waals surface area contributed by atoms with Crippen molar-refractivity contribution in [2.24, 2.45) is 0 Å². The number of nitrogens with zero attached hydrogens (tertiary/aromatic N) is 1. The molecule has 0 bridgehead atoms. The largest absolute Gasteiger partial charge is 0.385 e. The van der Waals surface area contributed by atoms with E-state index in [1.54, 1.807) is 12.3 Å². The predicted octanol–water partition coefficient (Wildman–Crippen LogP) is 0.522. The minimum Gasteiger partial charge on any atom is -0.385 e. The number of nitrogens with one attached hydrogen (secondary N) is 3. The molecule has 3 N–H and O–H groups in total. The molecule has 2 rings (SSSR count). The summed E-state index contributed by atoms with van der Waals surface area (Å²) in [5.41, 5.74) is 1.26. The quantitative estimate of drug-likeness (QED) is 0.739. The van der Waals surface area contributed by atoms with Crippen molar-refractivity contribution in [1.82, 2.24) is 15.6 Å². The Morgan fingerprint density at radius 1 is 1.58 bits per heavy atom. The molecule has 102 valence electrons. The maximum atomic E-state index is 12.0. The first kappa shape index (κ1) is 13.3. The predicted molar refractivity (Wildman–Crippen MR) is 71.9 cm³/mol. The van der Waals surface area contributed by atoms with Gasteiger partial charge in [-0.1, -0.05) is 0 Å². The van der Waals surface area contributed by atoms with Crippen LogP contribution in [-0.4, -0.2) is 35.9 Å². The van der Waals surface area contributed by atoms with Crippen LogP contribution < -0.4 is 16.0 Å². The van der Waals surface area contributed by atoms with Crippen molar-refractivity contribution >= 4 is 17.5 Å². The van der Waals surface area contributed by atoms with Crippen LogP contribution in [0.4, 0.5) is 5.69 Å². The first-order valence-electron chi connectivity index (χ1n) is 6.46. The van der Waals surface area contributed by atoms with Crippen molar-refractivity contribution in [2.75, 3.05) is 18.4 Å². The second kappa shape index (κ2) is 6.17.